The molecule has 2 N–H and O–H groups in total. The number of fused-ring (bicyclic) bond motifs is 1. The normalized spacial score (nSPS) is 21.4. The van der Waals surface area contributed by atoms with Crippen LogP contribution in [0.2, 0.25) is 0 Å². The maximum Gasteiger partial charge on any atom is 0.254 e. The molecule has 0 aliphatic heterocycles. The van der Waals surface area contributed by atoms with Crippen LogP contribution in [0.25, 0.3) is 0 Å². The van der Waals surface area contributed by atoms with Crippen molar-refractivity contribution in [3.63, 3.8) is 0 Å². The van der Waals surface area contributed by atoms with E-state index < -0.39 is 9.84 Å². The highest BCUT2D eigenvalue weighted by Crippen LogP contribution is 2.41. The SMILES string of the molecule is CC(C)CS(=O)(=O)CC1CCc2sc(NC(=O)C3CC3)c(C(=O)NCC3CC3)c2C1.[HH]. The van der Waals surface area contributed by atoms with E-state index in [-0.39, 0.29) is 42.5 Å². The third-order valence-corrected chi connectivity index (χ3v) is 9.46. The molecule has 30 heavy (non-hydrogen) atoms. The van der Waals surface area contributed by atoms with Gasteiger partial charge in [-0.15, -0.1) is 11.3 Å². The lowest BCUT2D eigenvalue weighted by atomic mass is 9.87. The molecule has 4 rings (SSSR count). The van der Waals surface area contributed by atoms with Crippen molar-refractivity contribution in [2.75, 3.05) is 23.4 Å². The highest BCUT2D eigenvalue weighted by atomic mass is 32.2. The first-order valence-electron chi connectivity index (χ1n) is 11.2. The average Bonchev–Trinajstić information content (AvgIpc) is 3.55. The fraction of sp³-hybridized carbons (Fsp3) is 0.727. The lowest BCUT2D eigenvalue weighted by molar-refractivity contribution is -0.117. The molecule has 1 atom stereocenters. The Morgan fingerprint density at radius 2 is 1.87 bits per heavy atom. The van der Waals surface area contributed by atoms with Crippen molar-refractivity contribution >= 4 is 38.0 Å². The van der Waals surface area contributed by atoms with Crippen LogP contribution < -0.4 is 10.6 Å². The summed E-state index contributed by atoms with van der Waals surface area (Å²) in [6.45, 7) is 4.52. The first-order chi connectivity index (χ1) is 14.2. The van der Waals surface area contributed by atoms with Gasteiger partial charge in [0.05, 0.1) is 17.1 Å². The lowest BCUT2D eigenvalue weighted by Gasteiger charge is -2.23. The van der Waals surface area contributed by atoms with Crippen LogP contribution in [0, 0.1) is 23.7 Å². The Morgan fingerprint density at radius 3 is 2.50 bits per heavy atom. The van der Waals surface area contributed by atoms with Crippen LogP contribution >= 0.6 is 11.3 Å². The first-order valence-corrected chi connectivity index (χ1v) is 13.8. The van der Waals surface area contributed by atoms with Gasteiger partial charge in [-0.3, -0.25) is 9.59 Å². The van der Waals surface area contributed by atoms with Crippen molar-refractivity contribution in [1.29, 1.82) is 0 Å². The number of aryl methyl sites for hydroxylation is 1. The van der Waals surface area contributed by atoms with E-state index in [1.165, 1.54) is 11.3 Å². The Balaban J connectivity index is 0.00000272. The van der Waals surface area contributed by atoms with Crippen molar-refractivity contribution < 1.29 is 19.4 Å². The molecule has 0 bridgehead atoms. The molecule has 1 aromatic heterocycles. The number of thiophene rings is 1. The molecule has 0 radical (unpaired) electrons. The predicted molar refractivity (Wildman–Crippen MR) is 122 cm³/mol. The third-order valence-electron chi connectivity index (χ3n) is 6.10. The zero-order chi connectivity index (χ0) is 21.5. The topological polar surface area (TPSA) is 92.3 Å². The summed E-state index contributed by atoms with van der Waals surface area (Å²) in [5, 5.41) is 6.70. The van der Waals surface area contributed by atoms with Gasteiger partial charge in [-0.05, 0) is 68.3 Å². The summed E-state index contributed by atoms with van der Waals surface area (Å²) in [7, 11) is -3.11. The Labute approximate surface area is 184 Å². The van der Waals surface area contributed by atoms with Crippen molar-refractivity contribution in [1.82, 2.24) is 5.32 Å². The fourth-order valence-electron chi connectivity index (χ4n) is 4.27. The van der Waals surface area contributed by atoms with Crippen molar-refractivity contribution in [3.8, 4) is 0 Å². The Morgan fingerprint density at radius 1 is 1.13 bits per heavy atom. The smallest absolute Gasteiger partial charge is 0.254 e. The van der Waals surface area contributed by atoms with E-state index in [9.17, 15) is 18.0 Å². The Hall–Kier alpha value is -1.41. The molecule has 0 saturated heterocycles. The summed E-state index contributed by atoms with van der Waals surface area (Å²) >= 11 is 1.50. The van der Waals surface area contributed by atoms with Crippen LogP contribution in [-0.2, 0) is 27.5 Å². The summed E-state index contributed by atoms with van der Waals surface area (Å²) < 4.78 is 25.0. The number of carbonyl (C=O) groups is 2. The second-order valence-corrected chi connectivity index (χ2v) is 13.0. The summed E-state index contributed by atoms with van der Waals surface area (Å²) in [4.78, 5) is 26.6. The van der Waals surface area contributed by atoms with E-state index in [1.54, 1.807) is 0 Å². The molecule has 3 aliphatic carbocycles. The van der Waals surface area contributed by atoms with E-state index in [1.807, 2.05) is 13.8 Å². The summed E-state index contributed by atoms with van der Waals surface area (Å²) in [5.74, 6) is 1.03. The molecule has 168 valence electrons. The number of hydrogen-bond donors (Lipinski definition) is 2. The van der Waals surface area contributed by atoms with E-state index in [4.69, 9.17) is 0 Å². The van der Waals surface area contributed by atoms with Crippen molar-refractivity contribution in [2.45, 2.75) is 58.8 Å². The van der Waals surface area contributed by atoms with Gasteiger partial charge in [0.15, 0.2) is 9.84 Å². The van der Waals surface area contributed by atoms with E-state index in [2.05, 4.69) is 10.6 Å². The number of carbonyl (C=O) groups excluding carboxylic acids is 2. The minimum absolute atomic E-state index is 0. The van der Waals surface area contributed by atoms with Gasteiger partial charge in [-0.2, -0.15) is 0 Å². The van der Waals surface area contributed by atoms with Crippen LogP contribution in [0.15, 0.2) is 0 Å². The first kappa shape index (κ1) is 21.8. The molecule has 2 amide bonds. The molecule has 6 nitrogen and oxygen atoms in total. The van der Waals surface area contributed by atoms with Gasteiger partial charge in [-0.1, -0.05) is 13.8 Å². The summed E-state index contributed by atoms with van der Waals surface area (Å²) in [5.41, 5.74) is 1.53. The number of sulfone groups is 1. The van der Waals surface area contributed by atoms with Gasteiger partial charge in [0, 0.05) is 18.8 Å². The maximum atomic E-state index is 13.1. The molecule has 2 fully saturated rings. The van der Waals surface area contributed by atoms with Crippen molar-refractivity contribution in [2.24, 2.45) is 23.7 Å². The van der Waals surface area contributed by atoms with E-state index in [0.717, 1.165) is 49.0 Å². The number of nitrogens with one attached hydrogen (secondary N) is 2. The molecular weight excluding hydrogens is 420 g/mol. The number of anilines is 1. The number of amides is 2. The summed E-state index contributed by atoms with van der Waals surface area (Å²) in [6.07, 6.45) is 6.31. The fourth-order valence-corrected chi connectivity index (χ4v) is 7.67. The Kier molecular flexibility index (Phi) is 6.26. The van der Waals surface area contributed by atoms with Crippen LogP contribution in [0.5, 0.6) is 0 Å². The van der Waals surface area contributed by atoms with Gasteiger partial charge >= 0.3 is 0 Å². The van der Waals surface area contributed by atoms with Gasteiger partial charge in [0.25, 0.3) is 5.91 Å². The standard InChI is InChI=1S/C22H32N2O4S2.H2/c1-13(2)11-30(27,28)12-15-5-8-18-17(9-15)19(21(26)23-10-14-3-4-14)22(29-18)24-20(25)16-6-7-16;/h13-16H,3-12H2,1-2H3,(H,23,26)(H,24,25);1H. The van der Waals surface area contributed by atoms with Gasteiger partial charge in [0.2, 0.25) is 5.91 Å². The highest BCUT2D eigenvalue weighted by Gasteiger charge is 2.35. The minimum atomic E-state index is -3.11. The zero-order valence-corrected chi connectivity index (χ0v) is 19.5. The maximum absolute atomic E-state index is 13.1. The predicted octanol–water partition coefficient (Wildman–Crippen LogP) is 3.66. The van der Waals surface area contributed by atoms with Gasteiger partial charge in [-0.25, -0.2) is 8.42 Å². The van der Waals surface area contributed by atoms with Crippen molar-refractivity contribution in [3.05, 3.63) is 16.0 Å². The number of rotatable bonds is 9. The van der Waals surface area contributed by atoms with Gasteiger partial charge in [0.1, 0.15) is 5.00 Å². The van der Waals surface area contributed by atoms with E-state index in [0.29, 0.717) is 29.4 Å². The summed E-state index contributed by atoms with van der Waals surface area (Å²) in [6, 6.07) is 0. The zero-order valence-electron chi connectivity index (χ0n) is 17.8. The molecule has 0 spiro atoms. The average molecular weight is 455 g/mol. The number of hydrogen-bond acceptors (Lipinski definition) is 5. The molecular formula is C22H34N2O4S2. The van der Waals surface area contributed by atoms with Crippen LogP contribution in [0.1, 0.15) is 68.2 Å². The molecule has 1 unspecified atom stereocenters. The second kappa shape index (κ2) is 8.61. The van der Waals surface area contributed by atoms with Gasteiger partial charge < -0.3 is 10.6 Å². The third kappa shape index (κ3) is 5.44. The highest BCUT2D eigenvalue weighted by molar-refractivity contribution is 7.91. The molecule has 1 aromatic rings. The monoisotopic (exact) mass is 454 g/mol. The lowest BCUT2D eigenvalue weighted by Crippen LogP contribution is -2.29. The van der Waals surface area contributed by atoms with Crippen LogP contribution in [-0.4, -0.2) is 38.3 Å². The minimum Gasteiger partial charge on any atom is -0.352 e. The molecule has 3 aliphatic rings. The quantitative estimate of drug-likeness (QED) is 0.596. The largest absolute Gasteiger partial charge is 0.352 e. The second-order valence-electron chi connectivity index (χ2n) is 9.70. The van der Waals surface area contributed by atoms with Crippen LogP contribution in [0.4, 0.5) is 5.00 Å². The molecule has 0 aromatic carbocycles. The van der Waals surface area contributed by atoms with E-state index >= 15 is 0 Å². The molecule has 1 heterocycles. The van der Waals surface area contributed by atoms with Crippen LogP contribution in [0.3, 0.4) is 0 Å². The Bertz CT molecular complexity index is 934. The molecule has 8 heteroatoms. The molecule has 2 saturated carbocycles.